The van der Waals surface area contributed by atoms with Crippen molar-refractivity contribution in [2.75, 3.05) is 0 Å². The largest absolute Gasteiger partial charge is 0.507 e. The van der Waals surface area contributed by atoms with E-state index in [1.165, 1.54) is 4.88 Å². The minimum atomic E-state index is 0.218. The van der Waals surface area contributed by atoms with Crippen LogP contribution in [0.3, 0.4) is 0 Å². The molecule has 1 N–H and O–H groups in total. The quantitative estimate of drug-likeness (QED) is 0.793. The Bertz CT molecular complexity index is 537. The smallest absolute Gasteiger partial charge is 0.124 e. The lowest BCUT2D eigenvalue weighted by Gasteiger charge is -2.01. The van der Waals surface area contributed by atoms with E-state index in [0.29, 0.717) is 5.56 Å². The monoisotopic (exact) mass is 215 g/mol. The van der Waals surface area contributed by atoms with Crippen molar-refractivity contribution in [1.82, 2.24) is 0 Å². The molecule has 0 spiro atoms. The van der Waals surface area contributed by atoms with Crippen LogP contribution in [0.4, 0.5) is 0 Å². The highest BCUT2D eigenvalue weighted by molar-refractivity contribution is 7.15. The second kappa shape index (κ2) is 3.76. The van der Waals surface area contributed by atoms with Crippen LogP contribution in [-0.4, -0.2) is 5.11 Å². The van der Waals surface area contributed by atoms with Gasteiger partial charge in [-0.25, -0.2) is 0 Å². The maximum Gasteiger partial charge on any atom is 0.124 e. The van der Waals surface area contributed by atoms with Crippen molar-refractivity contribution in [3.63, 3.8) is 0 Å². The van der Waals surface area contributed by atoms with Crippen LogP contribution in [0.1, 0.15) is 10.4 Å². The number of phenols is 1. The molecule has 2 nitrogen and oxygen atoms in total. The summed E-state index contributed by atoms with van der Waals surface area (Å²) in [6.45, 7) is 2.01. The lowest BCUT2D eigenvalue weighted by atomic mass is 10.1. The third kappa shape index (κ3) is 1.85. The molecule has 0 aliphatic heterocycles. The highest BCUT2D eigenvalue weighted by atomic mass is 32.1. The maximum atomic E-state index is 9.69. The van der Waals surface area contributed by atoms with Crippen LogP contribution in [0.15, 0.2) is 30.3 Å². The Morgan fingerprint density at radius 3 is 2.67 bits per heavy atom. The van der Waals surface area contributed by atoms with Crippen molar-refractivity contribution in [3.05, 3.63) is 40.8 Å². The molecule has 0 fully saturated rings. The molecular formula is C12H9NOS. The molecule has 0 unspecified atom stereocenters. The molecule has 0 saturated carbocycles. The zero-order chi connectivity index (χ0) is 10.8. The standard InChI is InChI=1S/C12H9NOS/c1-8-2-5-12(15-8)10-6-9(7-13)3-4-11(10)14/h2-6,14H,1H3. The van der Waals surface area contributed by atoms with E-state index in [9.17, 15) is 5.11 Å². The molecule has 0 radical (unpaired) electrons. The summed E-state index contributed by atoms with van der Waals surface area (Å²) in [5.74, 6) is 0.218. The number of phenolic OH excluding ortho intramolecular Hbond substituents is 1. The number of aryl methyl sites for hydroxylation is 1. The second-order valence-electron chi connectivity index (χ2n) is 3.25. The van der Waals surface area contributed by atoms with Crippen LogP contribution in [0, 0.1) is 18.3 Å². The number of thiophene rings is 1. The van der Waals surface area contributed by atoms with E-state index in [1.54, 1.807) is 29.5 Å². The van der Waals surface area contributed by atoms with Crippen LogP contribution in [0.25, 0.3) is 10.4 Å². The number of nitrogens with zero attached hydrogens (tertiary/aromatic N) is 1. The Balaban J connectivity index is 2.57. The number of benzene rings is 1. The molecule has 2 rings (SSSR count). The number of hydrogen-bond acceptors (Lipinski definition) is 3. The van der Waals surface area contributed by atoms with Gasteiger partial charge in [0.15, 0.2) is 0 Å². The number of nitriles is 1. The summed E-state index contributed by atoms with van der Waals surface area (Å²) in [6, 6.07) is 10.9. The predicted octanol–water partition coefficient (Wildman–Crippen LogP) is 3.30. The summed E-state index contributed by atoms with van der Waals surface area (Å²) in [4.78, 5) is 2.17. The summed E-state index contributed by atoms with van der Waals surface area (Å²) >= 11 is 1.60. The maximum absolute atomic E-state index is 9.69. The van der Waals surface area contributed by atoms with E-state index >= 15 is 0 Å². The molecular weight excluding hydrogens is 206 g/mol. The van der Waals surface area contributed by atoms with Gasteiger partial charge in [0.05, 0.1) is 11.6 Å². The molecule has 0 saturated heterocycles. The van der Waals surface area contributed by atoms with E-state index in [0.717, 1.165) is 10.4 Å². The third-order valence-corrected chi connectivity index (χ3v) is 3.17. The number of hydrogen-bond donors (Lipinski definition) is 1. The minimum Gasteiger partial charge on any atom is -0.507 e. The van der Waals surface area contributed by atoms with Crippen molar-refractivity contribution in [2.45, 2.75) is 6.92 Å². The first-order chi connectivity index (χ1) is 7.20. The fraction of sp³-hybridized carbons (Fsp3) is 0.0833. The van der Waals surface area contributed by atoms with Gasteiger partial charge in [-0.15, -0.1) is 11.3 Å². The normalized spacial score (nSPS) is 9.87. The van der Waals surface area contributed by atoms with Crippen molar-refractivity contribution in [1.29, 1.82) is 5.26 Å². The Labute approximate surface area is 92.0 Å². The fourth-order valence-corrected chi connectivity index (χ4v) is 2.27. The van der Waals surface area contributed by atoms with Crippen molar-refractivity contribution >= 4 is 11.3 Å². The van der Waals surface area contributed by atoms with Crippen molar-refractivity contribution < 1.29 is 5.11 Å². The van der Waals surface area contributed by atoms with Crippen LogP contribution in [0.5, 0.6) is 5.75 Å². The zero-order valence-electron chi connectivity index (χ0n) is 8.19. The average Bonchev–Trinajstić information content (AvgIpc) is 2.65. The van der Waals surface area contributed by atoms with Crippen LogP contribution < -0.4 is 0 Å². The van der Waals surface area contributed by atoms with Gasteiger partial charge in [-0.05, 0) is 37.3 Å². The van der Waals surface area contributed by atoms with E-state index < -0.39 is 0 Å². The van der Waals surface area contributed by atoms with Gasteiger partial charge in [0.25, 0.3) is 0 Å². The van der Waals surface area contributed by atoms with Gasteiger partial charge in [0.1, 0.15) is 5.75 Å². The van der Waals surface area contributed by atoms with E-state index in [2.05, 4.69) is 6.07 Å². The van der Waals surface area contributed by atoms with E-state index in [4.69, 9.17) is 5.26 Å². The number of aromatic hydroxyl groups is 1. The van der Waals surface area contributed by atoms with E-state index in [-0.39, 0.29) is 5.75 Å². The highest BCUT2D eigenvalue weighted by Gasteiger charge is 2.07. The topological polar surface area (TPSA) is 44.0 Å². The minimum absolute atomic E-state index is 0.218. The molecule has 0 aliphatic carbocycles. The summed E-state index contributed by atoms with van der Waals surface area (Å²) in [7, 11) is 0. The summed E-state index contributed by atoms with van der Waals surface area (Å²) in [5, 5.41) is 18.5. The lowest BCUT2D eigenvalue weighted by Crippen LogP contribution is -1.78. The summed E-state index contributed by atoms with van der Waals surface area (Å²) < 4.78 is 0. The molecule has 0 amide bonds. The van der Waals surface area contributed by atoms with Crippen LogP contribution >= 0.6 is 11.3 Å². The van der Waals surface area contributed by atoms with Gasteiger partial charge in [0.2, 0.25) is 0 Å². The highest BCUT2D eigenvalue weighted by Crippen LogP contribution is 2.34. The zero-order valence-corrected chi connectivity index (χ0v) is 9.01. The third-order valence-electron chi connectivity index (χ3n) is 2.13. The van der Waals surface area contributed by atoms with Gasteiger partial charge in [0, 0.05) is 15.3 Å². The Kier molecular flexibility index (Phi) is 2.44. The number of rotatable bonds is 1. The Morgan fingerprint density at radius 1 is 1.27 bits per heavy atom. The molecule has 1 aromatic heterocycles. The van der Waals surface area contributed by atoms with Gasteiger partial charge in [-0.3, -0.25) is 0 Å². The summed E-state index contributed by atoms with van der Waals surface area (Å²) in [5.41, 5.74) is 1.29. The molecule has 1 aromatic carbocycles. The molecule has 74 valence electrons. The molecule has 15 heavy (non-hydrogen) atoms. The molecule has 0 aliphatic rings. The van der Waals surface area contributed by atoms with Gasteiger partial charge in [-0.2, -0.15) is 5.26 Å². The molecule has 3 heteroatoms. The fourth-order valence-electron chi connectivity index (χ4n) is 1.38. The molecule has 0 atom stereocenters. The predicted molar refractivity (Wildman–Crippen MR) is 60.9 cm³/mol. The Morgan fingerprint density at radius 2 is 2.07 bits per heavy atom. The van der Waals surface area contributed by atoms with Crippen molar-refractivity contribution in [2.24, 2.45) is 0 Å². The lowest BCUT2D eigenvalue weighted by molar-refractivity contribution is 0.477. The first-order valence-corrected chi connectivity index (χ1v) is 5.32. The van der Waals surface area contributed by atoms with Gasteiger partial charge in [-0.1, -0.05) is 0 Å². The molecule has 2 aromatic rings. The molecule has 0 bridgehead atoms. The van der Waals surface area contributed by atoms with Gasteiger partial charge >= 0.3 is 0 Å². The van der Waals surface area contributed by atoms with Crippen LogP contribution in [-0.2, 0) is 0 Å². The van der Waals surface area contributed by atoms with Gasteiger partial charge < -0.3 is 5.11 Å². The van der Waals surface area contributed by atoms with Crippen LogP contribution in [0.2, 0.25) is 0 Å². The summed E-state index contributed by atoms with van der Waals surface area (Å²) in [6.07, 6.45) is 0. The Hall–Kier alpha value is -1.79. The average molecular weight is 215 g/mol. The first-order valence-electron chi connectivity index (χ1n) is 4.50. The van der Waals surface area contributed by atoms with E-state index in [1.807, 2.05) is 19.1 Å². The van der Waals surface area contributed by atoms with Crippen molar-refractivity contribution in [3.8, 4) is 22.3 Å². The second-order valence-corrected chi connectivity index (χ2v) is 4.54. The first kappa shape index (κ1) is 9.75. The SMILES string of the molecule is Cc1ccc(-c2cc(C#N)ccc2O)s1. The molecule has 1 heterocycles.